The van der Waals surface area contributed by atoms with Gasteiger partial charge in [0.1, 0.15) is 0 Å². The molecular formula is C23H24N2O5. The van der Waals surface area contributed by atoms with Crippen molar-refractivity contribution < 1.29 is 19.1 Å². The molecule has 156 valence electrons. The second kappa shape index (κ2) is 8.49. The van der Waals surface area contributed by atoms with Gasteiger partial charge in [0.2, 0.25) is 0 Å². The highest BCUT2D eigenvalue weighted by Crippen LogP contribution is 2.26. The molecule has 0 radical (unpaired) electrons. The minimum atomic E-state index is -0.633. The Balaban J connectivity index is 2.43. The number of carbonyl (C=O) groups excluding carboxylic acids is 2. The van der Waals surface area contributed by atoms with Gasteiger partial charge in [-0.05, 0) is 63.9 Å². The molecule has 0 unspecified atom stereocenters. The molecule has 7 heteroatoms. The molecule has 1 heterocycles. The van der Waals surface area contributed by atoms with Gasteiger partial charge in [-0.3, -0.25) is 4.79 Å². The Morgan fingerprint density at radius 1 is 0.967 bits per heavy atom. The molecule has 1 aromatic heterocycles. The Kier molecular flexibility index (Phi) is 6.01. The molecule has 3 rings (SSSR count). The topological polar surface area (TPSA) is 87.5 Å². The lowest BCUT2D eigenvalue weighted by molar-refractivity contribution is 0.0513. The third-order valence-corrected chi connectivity index (χ3v) is 4.86. The fraction of sp³-hybridized carbons (Fsp3) is 0.304. The fourth-order valence-corrected chi connectivity index (χ4v) is 3.48. The molecule has 0 amide bonds. The van der Waals surface area contributed by atoms with Gasteiger partial charge in [-0.25, -0.2) is 9.59 Å². The molecule has 0 aliphatic heterocycles. The quantitative estimate of drug-likeness (QED) is 0.599. The standard InChI is InChI=1S/C23H24N2O5/c1-6-29-22(27)18-14(4)12-17-19(15(18)5)21(26)25(16-10-8-13(3)9-11-16)24-20(17)23(28)30-7-2/h8-12H,6-7H2,1-5H3. The molecule has 0 saturated heterocycles. The number of esters is 2. The number of aryl methyl sites for hydroxylation is 3. The minimum Gasteiger partial charge on any atom is -0.462 e. The van der Waals surface area contributed by atoms with Crippen molar-refractivity contribution in [2.45, 2.75) is 34.6 Å². The lowest BCUT2D eigenvalue weighted by atomic mass is 9.95. The molecule has 0 spiro atoms. The first kappa shape index (κ1) is 21.2. The number of fused-ring (bicyclic) bond motifs is 1. The van der Waals surface area contributed by atoms with Gasteiger partial charge in [-0.1, -0.05) is 17.7 Å². The number of nitrogens with zero attached hydrogens (tertiary/aromatic N) is 2. The maximum atomic E-state index is 13.4. The van der Waals surface area contributed by atoms with Crippen LogP contribution in [-0.2, 0) is 9.47 Å². The average Bonchev–Trinajstić information content (AvgIpc) is 2.69. The molecular weight excluding hydrogens is 384 g/mol. The lowest BCUT2D eigenvalue weighted by Gasteiger charge is -2.16. The smallest absolute Gasteiger partial charge is 0.359 e. The summed E-state index contributed by atoms with van der Waals surface area (Å²) in [7, 11) is 0. The van der Waals surface area contributed by atoms with Crippen molar-refractivity contribution in [1.29, 1.82) is 0 Å². The van der Waals surface area contributed by atoms with Gasteiger partial charge in [-0.2, -0.15) is 9.78 Å². The van der Waals surface area contributed by atoms with Crippen LogP contribution in [-0.4, -0.2) is 34.9 Å². The molecule has 30 heavy (non-hydrogen) atoms. The van der Waals surface area contributed by atoms with Gasteiger partial charge in [0, 0.05) is 5.39 Å². The summed E-state index contributed by atoms with van der Waals surface area (Å²) >= 11 is 0. The third kappa shape index (κ3) is 3.70. The zero-order valence-electron chi connectivity index (χ0n) is 17.7. The maximum absolute atomic E-state index is 13.4. The number of carbonyl (C=O) groups is 2. The van der Waals surface area contributed by atoms with Crippen LogP contribution < -0.4 is 5.56 Å². The van der Waals surface area contributed by atoms with E-state index in [1.807, 2.05) is 19.1 Å². The normalized spacial score (nSPS) is 10.8. The predicted molar refractivity (Wildman–Crippen MR) is 113 cm³/mol. The van der Waals surface area contributed by atoms with Crippen molar-refractivity contribution in [3.05, 3.63) is 68.6 Å². The van der Waals surface area contributed by atoms with Crippen molar-refractivity contribution in [1.82, 2.24) is 9.78 Å². The highest BCUT2D eigenvalue weighted by atomic mass is 16.5. The number of aromatic nitrogens is 2. The van der Waals surface area contributed by atoms with Crippen molar-refractivity contribution in [2.24, 2.45) is 0 Å². The highest BCUT2D eigenvalue weighted by Gasteiger charge is 2.24. The Labute approximate surface area is 174 Å². The van der Waals surface area contributed by atoms with Crippen LogP contribution in [0.15, 0.2) is 35.1 Å². The third-order valence-electron chi connectivity index (χ3n) is 4.86. The van der Waals surface area contributed by atoms with Crippen LogP contribution in [0.5, 0.6) is 0 Å². The lowest BCUT2D eigenvalue weighted by Crippen LogP contribution is -2.26. The van der Waals surface area contributed by atoms with E-state index in [4.69, 9.17) is 9.47 Å². The molecule has 0 atom stereocenters. The Bertz CT molecular complexity index is 1190. The van der Waals surface area contributed by atoms with Gasteiger partial charge in [0.25, 0.3) is 5.56 Å². The summed E-state index contributed by atoms with van der Waals surface area (Å²) in [6, 6.07) is 8.82. The van der Waals surface area contributed by atoms with E-state index in [2.05, 4.69) is 5.10 Å². The van der Waals surface area contributed by atoms with Crippen molar-refractivity contribution >= 4 is 22.7 Å². The zero-order chi connectivity index (χ0) is 22.0. The number of rotatable bonds is 5. The Hall–Kier alpha value is -3.48. The van der Waals surface area contributed by atoms with Crippen molar-refractivity contribution in [2.75, 3.05) is 13.2 Å². The van der Waals surface area contributed by atoms with Gasteiger partial charge >= 0.3 is 11.9 Å². The van der Waals surface area contributed by atoms with E-state index in [1.54, 1.807) is 45.9 Å². The van der Waals surface area contributed by atoms with Gasteiger partial charge < -0.3 is 9.47 Å². The van der Waals surface area contributed by atoms with E-state index in [0.29, 0.717) is 27.8 Å². The molecule has 7 nitrogen and oxygen atoms in total. The largest absolute Gasteiger partial charge is 0.462 e. The van der Waals surface area contributed by atoms with Crippen LogP contribution in [0.25, 0.3) is 16.5 Å². The summed E-state index contributed by atoms with van der Waals surface area (Å²) in [6.45, 7) is 9.15. The predicted octanol–water partition coefficient (Wildman–Crippen LogP) is 3.66. The van der Waals surface area contributed by atoms with E-state index in [0.717, 1.165) is 5.56 Å². The molecule has 3 aromatic rings. The van der Waals surface area contributed by atoms with Gasteiger partial charge in [0.05, 0.1) is 29.9 Å². The SMILES string of the molecule is CCOC(=O)c1c(C)cc2c(C(=O)OCC)nn(-c3ccc(C)cc3)c(=O)c2c1C. The average molecular weight is 408 g/mol. The minimum absolute atomic E-state index is 0.0219. The number of ether oxygens (including phenoxy) is 2. The second-order valence-corrected chi connectivity index (χ2v) is 6.96. The first-order valence-corrected chi connectivity index (χ1v) is 9.78. The van der Waals surface area contributed by atoms with Gasteiger partial charge in [0.15, 0.2) is 5.69 Å². The summed E-state index contributed by atoms with van der Waals surface area (Å²) in [4.78, 5) is 38.6. The Morgan fingerprint density at radius 2 is 1.57 bits per heavy atom. The van der Waals surface area contributed by atoms with E-state index in [9.17, 15) is 14.4 Å². The number of hydrogen-bond donors (Lipinski definition) is 0. The fourth-order valence-electron chi connectivity index (χ4n) is 3.48. The molecule has 0 aliphatic rings. The van der Waals surface area contributed by atoms with Crippen LogP contribution in [0.4, 0.5) is 0 Å². The molecule has 0 bridgehead atoms. The summed E-state index contributed by atoms with van der Waals surface area (Å²) in [6.07, 6.45) is 0. The number of benzene rings is 2. The first-order chi connectivity index (χ1) is 14.3. The second-order valence-electron chi connectivity index (χ2n) is 6.96. The zero-order valence-corrected chi connectivity index (χ0v) is 17.7. The molecule has 0 saturated carbocycles. The van der Waals surface area contributed by atoms with E-state index in [1.165, 1.54) is 4.68 Å². The summed E-state index contributed by atoms with van der Waals surface area (Å²) in [5, 5.41) is 4.92. The van der Waals surface area contributed by atoms with Gasteiger partial charge in [-0.15, -0.1) is 0 Å². The summed E-state index contributed by atoms with van der Waals surface area (Å²) in [5.74, 6) is -1.14. The van der Waals surface area contributed by atoms with E-state index in [-0.39, 0.29) is 24.3 Å². The monoisotopic (exact) mass is 408 g/mol. The van der Waals surface area contributed by atoms with Crippen LogP contribution in [0.3, 0.4) is 0 Å². The van der Waals surface area contributed by atoms with Crippen LogP contribution in [0.1, 0.15) is 51.4 Å². The first-order valence-electron chi connectivity index (χ1n) is 9.78. The maximum Gasteiger partial charge on any atom is 0.359 e. The summed E-state index contributed by atoms with van der Waals surface area (Å²) in [5.41, 5.74) is 2.49. The molecule has 0 fully saturated rings. The summed E-state index contributed by atoms with van der Waals surface area (Å²) < 4.78 is 11.5. The van der Waals surface area contributed by atoms with Crippen LogP contribution in [0.2, 0.25) is 0 Å². The Morgan fingerprint density at radius 3 is 2.17 bits per heavy atom. The van der Waals surface area contributed by atoms with E-state index < -0.39 is 17.5 Å². The van der Waals surface area contributed by atoms with Crippen molar-refractivity contribution in [3.8, 4) is 5.69 Å². The highest BCUT2D eigenvalue weighted by molar-refractivity contribution is 6.07. The van der Waals surface area contributed by atoms with E-state index >= 15 is 0 Å². The molecule has 2 aromatic carbocycles. The van der Waals surface area contributed by atoms with Crippen LogP contribution >= 0.6 is 0 Å². The van der Waals surface area contributed by atoms with Crippen molar-refractivity contribution in [3.63, 3.8) is 0 Å². The molecule has 0 aliphatic carbocycles. The van der Waals surface area contributed by atoms with Crippen LogP contribution in [0, 0.1) is 20.8 Å². The number of hydrogen-bond acceptors (Lipinski definition) is 6. The molecule has 0 N–H and O–H groups in total.